The first-order valence-corrected chi connectivity index (χ1v) is 12.5. The summed E-state index contributed by atoms with van der Waals surface area (Å²) in [6.07, 6.45) is 4.67. The van der Waals surface area contributed by atoms with Crippen LogP contribution in [0.25, 0.3) is 0 Å². The van der Waals surface area contributed by atoms with Gasteiger partial charge in [-0.3, -0.25) is 9.59 Å². The first-order chi connectivity index (χ1) is 15.9. The third-order valence-electron chi connectivity index (χ3n) is 5.56. The number of amides is 1. The molecule has 1 aliphatic heterocycles. The first-order valence-electron chi connectivity index (χ1n) is 11.7. The summed E-state index contributed by atoms with van der Waals surface area (Å²) in [7, 11) is 0. The third kappa shape index (κ3) is 6.98. The molecule has 1 aliphatic rings. The lowest BCUT2D eigenvalue weighted by Crippen LogP contribution is -2.36. The molecule has 0 radical (unpaired) electrons. The Morgan fingerprint density at radius 2 is 1.88 bits per heavy atom. The highest BCUT2D eigenvalue weighted by Gasteiger charge is 2.32. The van der Waals surface area contributed by atoms with Crippen molar-refractivity contribution in [1.29, 1.82) is 0 Å². The summed E-state index contributed by atoms with van der Waals surface area (Å²) in [5, 5.41) is 0. The molecule has 1 aromatic carbocycles. The van der Waals surface area contributed by atoms with Gasteiger partial charge in [0.05, 0.1) is 25.4 Å². The number of ketones is 1. The van der Waals surface area contributed by atoms with Crippen LogP contribution >= 0.6 is 11.3 Å². The van der Waals surface area contributed by atoms with Crippen LogP contribution in [-0.4, -0.2) is 36.4 Å². The van der Waals surface area contributed by atoms with Crippen LogP contribution in [0.1, 0.15) is 84.2 Å². The summed E-state index contributed by atoms with van der Waals surface area (Å²) in [6, 6.07) is 10.9. The van der Waals surface area contributed by atoms with Crippen LogP contribution < -0.4 is 4.90 Å². The molecule has 2 aromatic rings. The van der Waals surface area contributed by atoms with E-state index in [9.17, 15) is 14.4 Å². The third-order valence-corrected chi connectivity index (χ3v) is 6.60. The van der Waals surface area contributed by atoms with Crippen LogP contribution in [-0.2, 0) is 20.9 Å². The number of thiophene rings is 1. The second-order valence-electron chi connectivity index (χ2n) is 8.62. The Balaban J connectivity index is 1.54. The Kier molecular flexibility index (Phi) is 9.21. The maximum Gasteiger partial charge on any atom is 0.348 e. The van der Waals surface area contributed by atoms with Crippen molar-refractivity contribution < 1.29 is 23.9 Å². The van der Waals surface area contributed by atoms with Crippen molar-refractivity contribution in [3.8, 4) is 0 Å². The molecule has 0 aliphatic carbocycles. The quantitative estimate of drug-likeness (QED) is 0.223. The number of unbranched alkanes of at least 4 members (excludes halogenated alkanes) is 2. The fourth-order valence-electron chi connectivity index (χ4n) is 3.88. The summed E-state index contributed by atoms with van der Waals surface area (Å²) in [5.41, 5.74) is 1.49. The number of Topliss-reactive ketones (excluding diaryl/α,β-unsaturated/α-hetero) is 1. The van der Waals surface area contributed by atoms with Crippen molar-refractivity contribution in [2.45, 2.75) is 78.0 Å². The Bertz CT molecular complexity index is 950. The van der Waals surface area contributed by atoms with E-state index in [-0.39, 0.29) is 29.8 Å². The van der Waals surface area contributed by atoms with Crippen LogP contribution in [0.2, 0.25) is 0 Å². The molecule has 1 aromatic heterocycles. The van der Waals surface area contributed by atoms with Gasteiger partial charge in [-0.2, -0.15) is 0 Å². The second kappa shape index (κ2) is 12.1. The molecule has 0 N–H and O–H groups in total. The van der Waals surface area contributed by atoms with Gasteiger partial charge >= 0.3 is 5.97 Å². The van der Waals surface area contributed by atoms with Crippen LogP contribution in [0.3, 0.4) is 0 Å². The molecule has 1 unspecified atom stereocenters. The maximum atomic E-state index is 12.5. The number of ether oxygens (including phenoxy) is 2. The lowest BCUT2D eigenvalue weighted by atomic mass is 10.0. The SMILES string of the molecule is CCCCCC(=O)c1ccc(N2C(=O)CCC2COCc2ccc(C(=O)OC(C)C)s2)cc1. The van der Waals surface area contributed by atoms with Crippen molar-refractivity contribution in [2.75, 3.05) is 11.5 Å². The Labute approximate surface area is 199 Å². The summed E-state index contributed by atoms with van der Waals surface area (Å²) >= 11 is 1.36. The predicted octanol–water partition coefficient (Wildman–Crippen LogP) is 5.79. The van der Waals surface area contributed by atoms with E-state index in [2.05, 4.69) is 6.92 Å². The average Bonchev–Trinajstić information content (AvgIpc) is 3.40. The fourth-order valence-corrected chi connectivity index (χ4v) is 4.71. The van der Waals surface area contributed by atoms with Crippen LogP contribution in [0.15, 0.2) is 36.4 Å². The summed E-state index contributed by atoms with van der Waals surface area (Å²) in [6.45, 7) is 6.55. The monoisotopic (exact) mass is 471 g/mol. The molecule has 0 saturated carbocycles. The number of benzene rings is 1. The molecule has 1 atom stereocenters. The van der Waals surface area contributed by atoms with E-state index in [1.54, 1.807) is 11.0 Å². The van der Waals surface area contributed by atoms with Crippen LogP contribution in [0.5, 0.6) is 0 Å². The van der Waals surface area contributed by atoms with Gasteiger partial charge in [-0.05, 0) is 63.1 Å². The molecular weight excluding hydrogens is 438 g/mol. The van der Waals surface area contributed by atoms with Crippen LogP contribution in [0.4, 0.5) is 5.69 Å². The van der Waals surface area contributed by atoms with E-state index in [0.29, 0.717) is 36.5 Å². The highest BCUT2D eigenvalue weighted by molar-refractivity contribution is 7.13. The maximum absolute atomic E-state index is 12.5. The highest BCUT2D eigenvalue weighted by Crippen LogP contribution is 2.28. The number of carbonyl (C=O) groups excluding carboxylic acids is 3. The molecule has 2 heterocycles. The topological polar surface area (TPSA) is 72.9 Å². The Morgan fingerprint density at radius 1 is 1.12 bits per heavy atom. The zero-order valence-electron chi connectivity index (χ0n) is 19.7. The number of carbonyl (C=O) groups is 3. The van der Waals surface area contributed by atoms with E-state index in [1.165, 1.54) is 11.3 Å². The Morgan fingerprint density at radius 3 is 2.58 bits per heavy atom. The minimum absolute atomic E-state index is 0.0473. The first kappa shape index (κ1) is 25.1. The van der Waals surface area contributed by atoms with Gasteiger partial charge in [0.1, 0.15) is 4.88 Å². The molecular formula is C26H33NO5S. The van der Waals surface area contributed by atoms with E-state index in [1.807, 2.05) is 44.2 Å². The smallest absolute Gasteiger partial charge is 0.348 e. The Hall–Kier alpha value is -2.51. The van der Waals surface area contributed by atoms with Gasteiger partial charge in [0, 0.05) is 29.0 Å². The average molecular weight is 472 g/mol. The van der Waals surface area contributed by atoms with Gasteiger partial charge < -0.3 is 14.4 Å². The molecule has 3 rings (SSSR count). The molecule has 6 nitrogen and oxygen atoms in total. The van der Waals surface area contributed by atoms with E-state index in [4.69, 9.17) is 9.47 Å². The zero-order chi connectivity index (χ0) is 23.8. The number of nitrogens with zero attached hydrogens (tertiary/aromatic N) is 1. The second-order valence-corrected chi connectivity index (χ2v) is 9.79. The van der Waals surface area contributed by atoms with E-state index in [0.717, 1.165) is 36.2 Å². The number of anilines is 1. The van der Waals surface area contributed by atoms with Crippen molar-refractivity contribution in [3.63, 3.8) is 0 Å². The number of hydrogen-bond acceptors (Lipinski definition) is 6. The standard InChI is InChI=1S/C26H33NO5S/c1-4-5-6-7-23(28)19-8-10-20(11-9-19)27-21(12-15-25(27)29)16-31-17-22-13-14-24(33-22)26(30)32-18(2)3/h8-11,13-14,18,21H,4-7,12,15-17H2,1-3H3. The molecule has 0 spiro atoms. The predicted molar refractivity (Wildman–Crippen MR) is 130 cm³/mol. The number of hydrogen-bond donors (Lipinski definition) is 0. The molecule has 1 amide bonds. The number of rotatable bonds is 12. The zero-order valence-corrected chi connectivity index (χ0v) is 20.5. The minimum Gasteiger partial charge on any atom is -0.459 e. The van der Waals surface area contributed by atoms with Gasteiger partial charge in [0.25, 0.3) is 0 Å². The molecule has 0 bridgehead atoms. The molecule has 7 heteroatoms. The van der Waals surface area contributed by atoms with Crippen LogP contribution in [0, 0.1) is 0 Å². The summed E-state index contributed by atoms with van der Waals surface area (Å²) in [4.78, 5) is 40.1. The van der Waals surface area contributed by atoms with E-state index < -0.39 is 0 Å². The summed E-state index contributed by atoms with van der Waals surface area (Å²) < 4.78 is 11.1. The van der Waals surface area contributed by atoms with Crippen molar-refractivity contribution in [1.82, 2.24) is 0 Å². The molecule has 33 heavy (non-hydrogen) atoms. The minimum atomic E-state index is -0.318. The van der Waals surface area contributed by atoms with Gasteiger partial charge in [0.15, 0.2) is 5.78 Å². The molecule has 178 valence electrons. The van der Waals surface area contributed by atoms with Crippen molar-refractivity contribution in [2.24, 2.45) is 0 Å². The van der Waals surface area contributed by atoms with Crippen molar-refractivity contribution in [3.05, 3.63) is 51.7 Å². The fraction of sp³-hybridized carbons (Fsp3) is 0.500. The largest absolute Gasteiger partial charge is 0.459 e. The van der Waals surface area contributed by atoms with Gasteiger partial charge in [0.2, 0.25) is 5.91 Å². The lowest BCUT2D eigenvalue weighted by molar-refractivity contribution is -0.117. The highest BCUT2D eigenvalue weighted by atomic mass is 32.1. The number of esters is 1. The summed E-state index contributed by atoms with van der Waals surface area (Å²) in [5.74, 6) is -0.100. The van der Waals surface area contributed by atoms with Crippen molar-refractivity contribution >= 4 is 34.7 Å². The molecule has 1 saturated heterocycles. The van der Waals surface area contributed by atoms with Gasteiger partial charge in [-0.15, -0.1) is 11.3 Å². The van der Waals surface area contributed by atoms with Gasteiger partial charge in [-0.1, -0.05) is 19.8 Å². The molecule has 1 fully saturated rings. The lowest BCUT2D eigenvalue weighted by Gasteiger charge is -2.25. The van der Waals surface area contributed by atoms with E-state index >= 15 is 0 Å². The van der Waals surface area contributed by atoms with Gasteiger partial charge in [-0.25, -0.2) is 4.79 Å². The normalized spacial score (nSPS) is 15.9.